The molecule has 0 heterocycles. The number of halogens is 2. The summed E-state index contributed by atoms with van der Waals surface area (Å²) in [6, 6.07) is 8.00. The van der Waals surface area contributed by atoms with Crippen molar-refractivity contribution in [3.8, 4) is 11.5 Å². The van der Waals surface area contributed by atoms with Crippen LogP contribution in [-0.4, -0.2) is 10.2 Å². The third kappa shape index (κ3) is 2.99. The van der Waals surface area contributed by atoms with Gasteiger partial charge in [-0.25, -0.2) is 0 Å². The van der Waals surface area contributed by atoms with Crippen LogP contribution in [0.1, 0.15) is 54.4 Å². The molecule has 0 aromatic heterocycles. The molecule has 0 radical (unpaired) electrons. The Labute approximate surface area is 160 Å². The van der Waals surface area contributed by atoms with Crippen LogP contribution in [0.25, 0.3) is 0 Å². The minimum absolute atomic E-state index is 0.291. The predicted molar refractivity (Wildman–Crippen MR) is 105 cm³/mol. The summed E-state index contributed by atoms with van der Waals surface area (Å²) in [4.78, 5) is 0. The van der Waals surface area contributed by atoms with Crippen molar-refractivity contribution in [2.24, 2.45) is 0 Å². The van der Waals surface area contributed by atoms with Gasteiger partial charge in [0.15, 0.2) is 0 Å². The molecule has 2 aromatic rings. The molecule has 2 aromatic carbocycles. The lowest BCUT2D eigenvalue weighted by atomic mass is 9.64. The fraction of sp³-hybridized carbons (Fsp3) is 0.400. The van der Waals surface area contributed by atoms with Crippen LogP contribution < -0.4 is 0 Å². The van der Waals surface area contributed by atoms with Gasteiger partial charge in [0.2, 0.25) is 0 Å². The van der Waals surface area contributed by atoms with Crippen LogP contribution in [0.2, 0.25) is 0 Å². The smallest absolute Gasteiger partial charge is 0.133 e. The van der Waals surface area contributed by atoms with E-state index >= 15 is 0 Å². The van der Waals surface area contributed by atoms with Crippen LogP contribution >= 0.6 is 31.9 Å². The summed E-state index contributed by atoms with van der Waals surface area (Å²) in [5, 5.41) is 21.6. The van der Waals surface area contributed by atoms with Crippen molar-refractivity contribution in [3.63, 3.8) is 0 Å². The molecule has 0 amide bonds. The van der Waals surface area contributed by atoms with Gasteiger partial charge in [-0.1, -0.05) is 31.4 Å². The Balaban J connectivity index is 2.32. The van der Waals surface area contributed by atoms with Crippen LogP contribution in [-0.2, 0) is 5.41 Å². The quantitative estimate of drug-likeness (QED) is 0.545. The van der Waals surface area contributed by atoms with E-state index in [-0.39, 0.29) is 5.41 Å². The largest absolute Gasteiger partial charge is 0.506 e. The molecule has 0 saturated heterocycles. The fourth-order valence-corrected chi connectivity index (χ4v) is 5.19. The topological polar surface area (TPSA) is 40.5 Å². The highest BCUT2D eigenvalue weighted by Crippen LogP contribution is 2.53. The van der Waals surface area contributed by atoms with E-state index in [2.05, 4.69) is 44.0 Å². The lowest BCUT2D eigenvalue weighted by Crippen LogP contribution is -2.31. The number of phenols is 2. The Bertz CT molecular complexity index is 718. The highest BCUT2D eigenvalue weighted by Gasteiger charge is 2.40. The average Bonchev–Trinajstić information content (AvgIpc) is 2.55. The second kappa shape index (κ2) is 6.72. The summed E-state index contributed by atoms with van der Waals surface area (Å²) in [6.07, 6.45) is 5.25. The van der Waals surface area contributed by atoms with Crippen molar-refractivity contribution in [1.82, 2.24) is 0 Å². The molecule has 1 fully saturated rings. The highest BCUT2D eigenvalue weighted by molar-refractivity contribution is 9.10. The van der Waals surface area contributed by atoms with Gasteiger partial charge < -0.3 is 10.2 Å². The number of hydrogen-bond acceptors (Lipinski definition) is 2. The zero-order valence-electron chi connectivity index (χ0n) is 14.0. The zero-order chi connectivity index (χ0) is 17.5. The van der Waals surface area contributed by atoms with Gasteiger partial charge in [0.1, 0.15) is 11.5 Å². The number of phenolic OH excluding ortho intramolecular Hbond substituents is 2. The third-order valence-corrected chi connectivity index (χ3v) is 6.36. The summed E-state index contributed by atoms with van der Waals surface area (Å²) in [5.41, 5.74) is 3.69. The maximum absolute atomic E-state index is 10.8. The Morgan fingerprint density at radius 2 is 1.17 bits per heavy atom. The standard InChI is InChI=1S/C20H22Br2O2/c1-12-8-14(18(23)16(21)10-12)20(6-4-3-5-7-20)15-9-13(2)11-17(22)19(15)24/h8-11,23-24H,3-7H2,1-2H3. The highest BCUT2D eigenvalue weighted by atomic mass is 79.9. The van der Waals surface area contributed by atoms with Gasteiger partial charge in [0.05, 0.1) is 8.95 Å². The second-order valence-electron chi connectivity index (χ2n) is 6.93. The normalized spacial score (nSPS) is 17.0. The molecule has 0 atom stereocenters. The van der Waals surface area contributed by atoms with E-state index in [4.69, 9.17) is 0 Å². The Morgan fingerprint density at radius 3 is 1.58 bits per heavy atom. The van der Waals surface area contributed by atoms with E-state index in [1.54, 1.807) is 0 Å². The monoisotopic (exact) mass is 452 g/mol. The molecular formula is C20H22Br2O2. The van der Waals surface area contributed by atoms with Gasteiger partial charge in [-0.15, -0.1) is 0 Å². The average molecular weight is 454 g/mol. The maximum Gasteiger partial charge on any atom is 0.133 e. The first-order valence-electron chi connectivity index (χ1n) is 8.34. The summed E-state index contributed by atoms with van der Waals surface area (Å²) in [6.45, 7) is 4.08. The Hall–Kier alpha value is -1.00. The number of benzene rings is 2. The van der Waals surface area contributed by atoms with Crippen LogP contribution in [0.15, 0.2) is 33.2 Å². The maximum atomic E-state index is 10.8. The molecule has 24 heavy (non-hydrogen) atoms. The molecule has 0 bridgehead atoms. The molecule has 2 nitrogen and oxygen atoms in total. The van der Waals surface area contributed by atoms with Crippen LogP contribution in [0.5, 0.6) is 11.5 Å². The van der Waals surface area contributed by atoms with Gasteiger partial charge in [-0.3, -0.25) is 0 Å². The van der Waals surface area contributed by atoms with Gasteiger partial charge in [-0.05, 0) is 81.8 Å². The minimum atomic E-state index is -0.352. The molecule has 0 spiro atoms. The summed E-state index contributed by atoms with van der Waals surface area (Å²) in [7, 11) is 0. The van der Waals surface area contributed by atoms with Crippen LogP contribution in [0, 0.1) is 13.8 Å². The molecule has 1 saturated carbocycles. The molecule has 3 rings (SSSR count). The summed E-state index contributed by atoms with van der Waals surface area (Å²) in [5.74, 6) is 0.582. The van der Waals surface area contributed by atoms with Gasteiger partial charge in [0.25, 0.3) is 0 Å². The molecule has 128 valence electrons. The fourth-order valence-electron chi connectivity index (χ4n) is 4.04. The minimum Gasteiger partial charge on any atom is -0.506 e. The molecule has 0 aliphatic heterocycles. The lowest BCUT2D eigenvalue weighted by Gasteiger charge is -2.40. The van der Waals surface area contributed by atoms with Crippen molar-refractivity contribution >= 4 is 31.9 Å². The van der Waals surface area contributed by atoms with Crippen molar-refractivity contribution in [3.05, 3.63) is 55.5 Å². The van der Waals surface area contributed by atoms with Crippen molar-refractivity contribution in [2.75, 3.05) is 0 Å². The lowest BCUT2D eigenvalue weighted by molar-refractivity contribution is 0.320. The first-order chi connectivity index (χ1) is 11.3. The predicted octanol–water partition coefficient (Wildman–Crippen LogP) is 6.49. The molecule has 1 aliphatic rings. The van der Waals surface area contributed by atoms with Gasteiger partial charge >= 0.3 is 0 Å². The second-order valence-corrected chi connectivity index (χ2v) is 8.64. The van der Waals surface area contributed by atoms with Gasteiger partial charge in [0, 0.05) is 16.5 Å². The van der Waals surface area contributed by atoms with Crippen molar-refractivity contribution in [1.29, 1.82) is 0 Å². The Morgan fingerprint density at radius 1 is 0.750 bits per heavy atom. The van der Waals surface area contributed by atoms with E-state index < -0.39 is 0 Å². The SMILES string of the molecule is Cc1cc(Br)c(O)c(C2(c3cc(C)cc(Br)c3O)CCCCC2)c1. The Kier molecular flexibility index (Phi) is 4.99. The molecule has 0 unspecified atom stereocenters. The van der Waals surface area contributed by atoms with E-state index in [0.717, 1.165) is 47.9 Å². The summed E-state index contributed by atoms with van der Waals surface area (Å²) >= 11 is 6.97. The van der Waals surface area contributed by atoms with E-state index in [1.165, 1.54) is 6.42 Å². The van der Waals surface area contributed by atoms with E-state index in [1.807, 2.05) is 26.0 Å². The first kappa shape index (κ1) is 17.8. The molecular weight excluding hydrogens is 432 g/mol. The van der Waals surface area contributed by atoms with E-state index in [9.17, 15) is 10.2 Å². The van der Waals surface area contributed by atoms with Crippen molar-refractivity contribution < 1.29 is 10.2 Å². The van der Waals surface area contributed by atoms with E-state index in [0.29, 0.717) is 20.4 Å². The number of aromatic hydroxyl groups is 2. The molecule has 2 N–H and O–H groups in total. The van der Waals surface area contributed by atoms with Gasteiger partial charge in [-0.2, -0.15) is 0 Å². The van der Waals surface area contributed by atoms with Crippen molar-refractivity contribution in [2.45, 2.75) is 51.4 Å². The van der Waals surface area contributed by atoms with Crippen LogP contribution in [0.4, 0.5) is 0 Å². The third-order valence-electron chi connectivity index (χ3n) is 5.15. The first-order valence-corrected chi connectivity index (χ1v) is 9.93. The number of rotatable bonds is 2. The number of hydrogen-bond donors (Lipinski definition) is 2. The zero-order valence-corrected chi connectivity index (χ0v) is 17.2. The number of aryl methyl sites for hydroxylation is 2. The summed E-state index contributed by atoms with van der Waals surface area (Å²) < 4.78 is 1.43. The molecule has 4 heteroatoms. The molecule has 1 aliphatic carbocycles. The van der Waals surface area contributed by atoms with Crippen LogP contribution in [0.3, 0.4) is 0 Å².